The molecule has 0 aliphatic rings. The summed E-state index contributed by atoms with van der Waals surface area (Å²) in [7, 11) is -2.47. The van der Waals surface area contributed by atoms with Crippen LogP contribution in [0.4, 0.5) is 10.1 Å². The highest BCUT2D eigenvalue weighted by molar-refractivity contribution is 7.90. The predicted octanol–water partition coefficient (Wildman–Crippen LogP) is 3.43. The van der Waals surface area contributed by atoms with Crippen LogP contribution < -0.4 is 5.32 Å². The number of anilines is 1. The monoisotopic (exact) mass is 417 g/mol. The Morgan fingerprint density at radius 3 is 2.48 bits per heavy atom. The summed E-state index contributed by atoms with van der Waals surface area (Å²) >= 11 is 0. The van der Waals surface area contributed by atoms with E-state index in [1.54, 1.807) is 18.2 Å². The fourth-order valence-corrected chi connectivity index (χ4v) is 3.79. The topological polar surface area (TPSA) is 103 Å². The zero-order valence-corrected chi connectivity index (χ0v) is 16.0. The molecular weight excluding hydrogens is 401 g/mol. The van der Waals surface area contributed by atoms with Crippen LogP contribution in [0.2, 0.25) is 0 Å². The molecule has 0 aliphatic carbocycles. The van der Waals surface area contributed by atoms with E-state index in [9.17, 15) is 22.4 Å². The summed E-state index contributed by atoms with van der Waals surface area (Å²) in [5.74, 6) is -2.82. The quantitative estimate of drug-likeness (QED) is 0.617. The lowest BCUT2D eigenvalue weighted by atomic mass is 10.2. The number of hydrogen-bond acceptors (Lipinski definition) is 6. The molecule has 0 bridgehead atoms. The van der Waals surface area contributed by atoms with Crippen molar-refractivity contribution in [3.63, 3.8) is 0 Å². The number of halogens is 1. The normalized spacial score (nSPS) is 11.1. The van der Waals surface area contributed by atoms with Gasteiger partial charge in [-0.15, -0.1) is 0 Å². The average molecular weight is 417 g/mol. The third-order valence-electron chi connectivity index (χ3n) is 3.96. The molecule has 0 atom stereocenters. The number of methoxy groups -OCH3 is 1. The second-order valence-electron chi connectivity index (χ2n) is 5.98. The van der Waals surface area contributed by atoms with Gasteiger partial charge in [0.25, 0.3) is 5.91 Å². The maximum absolute atomic E-state index is 14.0. The SMILES string of the molecule is COC(=O)c1ccc(F)c(NC(=O)c2ccc(CS(=O)(=O)c3ccccc3)o2)c1. The molecule has 0 spiro atoms. The number of furan rings is 1. The van der Waals surface area contributed by atoms with Crippen LogP contribution in [-0.2, 0) is 20.3 Å². The number of ether oxygens (including phenoxy) is 1. The van der Waals surface area contributed by atoms with Gasteiger partial charge in [0.15, 0.2) is 15.6 Å². The first kappa shape index (κ1) is 20.3. The summed E-state index contributed by atoms with van der Waals surface area (Å²) in [6, 6.07) is 13.8. The molecule has 0 saturated heterocycles. The number of nitrogens with one attached hydrogen (secondary N) is 1. The number of hydrogen-bond donors (Lipinski definition) is 1. The van der Waals surface area contributed by atoms with Crippen LogP contribution in [0.15, 0.2) is 70.0 Å². The standard InChI is InChI=1S/C20H16FNO6S/c1-27-20(24)13-7-9-16(21)17(11-13)22-19(23)18-10-8-14(28-18)12-29(25,26)15-5-3-2-4-6-15/h2-11H,12H2,1H3,(H,22,23). The number of rotatable bonds is 6. The summed E-state index contributed by atoms with van der Waals surface area (Å²) in [6.07, 6.45) is 0. The van der Waals surface area contributed by atoms with Crippen molar-refractivity contribution in [1.82, 2.24) is 0 Å². The van der Waals surface area contributed by atoms with E-state index in [1.165, 1.54) is 37.4 Å². The average Bonchev–Trinajstić information content (AvgIpc) is 3.17. The van der Waals surface area contributed by atoms with Gasteiger partial charge in [0.1, 0.15) is 17.3 Å². The van der Waals surface area contributed by atoms with Gasteiger partial charge in [-0.1, -0.05) is 18.2 Å². The van der Waals surface area contributed by atoms with Crippen molar-refractivity contribution in [1.29, 1.82) is 0 Å². The molecule has 3 rings (SSSR count). The van der Waals surface area contributed by atoms with Gasteiger partial charge in [-0.25, -0.2) is 17.6 Å². The Morgan fingerprint density at radius 1 is 1.07 bits per heavy atom. The van der Waals surface area contributed by atoms with Gasteiger partial charge >= 0.3 is 5.97 Å². The lowest BCUT2D eigenvalue weighted by Crippen LogP contribution is -2.13. The lowest BCUT2D eigenvalue weighted by molar-refractivity contribution is 0.0600. The molecule has 3 aromatic rings. The Balaban J connectivity index is 1.76. The van der Waals surface area contributed by atoms with Crippen LogP contribution in [0.25, 0.3) is 0 Å². The number of esters is 1. The number of sulfone groups is 1. The Bertz CT molecular complexity index is 1150. The van der Waals surface area contributed by atoms with E-state index in [4.69, 9.17) is 4.42 Å². The minimum Gasteiger partial charge on any atom is -0.465 e. The smallest absolute Gasteiger partial charge is 0.337 e. The van der Waals surface area contributed by atoms with Gasteiger partial charge in [0.2, 0.25) is 0 Å². The van der Waals surface area contributed by atoms with E-state index >= 15 is 0 Å². The Labute approximate surface area is 166 Å². The highest BCUT2D eigenvalue weighted by Crippen LogP contribution is 2.21. The highest BCUT2D eigenvalue weighted by atomic mass is 32.2. The Morgan fingerprint density at radius 2 is 1.79 bits per heavy atom. The molecule has 1 heterocycles. The molecule has 0 aliphatic heterocycles. The summed E-state index contributed by atoms with van der Waals surface area (Å²) < 4.78 is 48.6. The maximum atomic E-state index is 14.0. The second kappa shape index (κ2) is 8.27. The largest absolute Gasteiger partial charge is 0.465 e. The van der Waals surface area contributed by atoms with Gasteiger partial charge in [-0.2, -0.15) is 0 Å². The van der Waals surface area contributed by atoms with Crippen LogP contribution in [0.5, 0.6) is 0 Å². The van der Waals surface area contributed by atoms with Gasteiger partial charge in [0, 0.05) is 0 Å². The molecular formula is C20H16FNO6S. The molecule has 29 heavy (non-hydrogen) atoms. The zero-order valence-electron chi connectivity index (χ0n) is 15.2. The Kier molecular flexibility index (Phi) is 5.79. The van der Waals surface area contributed by atoms with E-state index in [2.05, 4.69) is 10.1 Å². The molecule has 1 aromatic heterocycles. The molecule has 0 saturated carbocycles. The molecule has 150 valence electrons. The highest BCUT2D eigenvalue weighted by Gasteiger charge is 2.20. The maximum Gasteiger partial charge on any atom is 0.337 e. The lowest BCUT2D eigenvalue weighted by Gasteiger charge is -2.07. The van der Waals surface area contributed by atoms with Crippen molar-refractivity contribution >= 4 is 27.4 Å². The van der Waals surface area contributed by atoms with Crippen LogP contribution in [0.3, 0.4) is 0 Å². The van der Waals surface area contributed by atoms with Gasteiger partial charge in [-0.05, 0) is 42.5 Å². The minimum absolute atomic E-state index is 0.0540. The van der Waals surface area contributed by atoms with Crippen molar-refractivity contribution in [2.75, 3.05) is 12.4 Å². The van der Waals surface area contributed by atoms with E-state index in [0.717, 1.165) is 12.1 Å². The Hall–Kier alpha value is -3.46. The van der Waals surface area contributed by atoms with E-state index < -0.39 is 33.3 Å². The van der Waals surface area contributed by atoms with E-state index in [0.29, 0.717) is 0 Å². The van der Waals surface area contributed by atoms with Crippen molar-refractivity contribution in [2.45, 2.75) is 10.6 Å². The molecule has 1 amide bonds. The first-order chi connectivity index (χ1) is 13.8. The molecule has 7 nitrogen and oxygen atoms in total. The van der Waals surface area contributed by atoms with Crippen LogP contribution in [-0.4, -0.2) is 27.4 Å². The molecule has 0 unspecified atom stereocenters. The van der Waals surface area contributed by atoms with Gasteiger partial charge < -0.3 is 14.5 Å². The summed E-state index contributed by atoms with van der Waals surface area (Å²) in [4.78, 5) is 24.0. The predicted molar refractivity (Wildman–Crippen MR) is 102 cm³/mol. The molecule has 0 fully saturated rings. The zero-order chi connectivity index (χ0) is 21.0. The first-order valence-electron chi connectivity index (χ1n) is 8.36. The number of amides is 1. The summed E-state index contributed by atoms with van der Waals surface area (Å²) in [5.41, 5.74) is -0.189. The molecule has 0 radical (unpaired) electrons. The summed E-state index contributed by atoms with van der Waals surface area (Å²) in [6.45, 7) is 0. The van der Waals surface area contributed by atoms with Crippen molar-refractivity contribution in [3.05, 3.63) is 83.6 Å². The second-order valence-corrected chi connectivity index (χ2v) is 7.97. The number of benzene rings is 2. The number of carbonyl (C=O) groups excluding carboxylic acids is 2. The minimum atomic E-state index is -3.65. The first-order valence-corrected chi connectivity index (χ1v) is 10.0. The molecule has 2 aromatic carbocycles. The third kappa shape index (κ3) is 4.69. The fraction of sp³-hybridized carbons (Fsp3) is 0.100. The summed E-state index contributed by atoms with van der Waals surface area (Å²) in [5, 5.41) is 2.29. The van der Waals surface area contributed by atoms with Crippen molar-refractivity contribution in [3.8, 4) is 0 Å². The fourth-order valence-electron chi connectivity index (χ4n) is 2.53. The van der Waals surface area contributed by atoms with Crippen molar-refractivity contribution in [2.24, 2.45) is 0 Å². The van der Waals surface area contributed by atoms with E-state index in [-0.39, 0.29) is 27.7 Å². The van der Waals surface area contributed by atoms with E-state index in [1.807, 2.05) is 0 Å². The van der Waals surface area contributed by atoms with Crippen molar-refractivity contribution < 1.29 is 31.6 Å². The van der Waals surface area contributed by atoms with Gasteiger partial charge in [0.05, 0.1) is 23.3 Å². The van der Waals surface area contributed by atoms with Gasteiger partial charge in [-0.3, -0.25) is 4.79 Å². The third-order valence-corrected chi connectivity index (χ3v) is 5.61. The van der Waals surface area contributed by atoms with Crippen LogP contribution in [0.1, 0.15) is 26.7 Å². The van der Waals surface area contributed by atoms with Crippen LogP contribution in [0, 0.1) is 5.82 Å². The molecule has 9 heteroatoms. The number of carbonyl (C=O) groups is 2. The van der Waals surface area contributed by atoms with Crippen LogP contribution >= 0.6 is 0 Å². The molecule has 1 N–H and O–H groups in total.